The van der Waals surface area contributed by atoms with Gasteiger partial charge in [-0.15, -0.1) is 0 Å². The molecule has 0 radical (unpaired) electrons. The molecular formula is C8H4ClF3O2. The normalized spacial score (nSPS) is 10.4. The molecule has 0 bridgehead atoms. The summed E-state index contributed by atoms with van der Waals surface area (Å²) in [7, 11) is 0. The van der Waals surface area contributed by atoms with Gasteiger partial charge >= 0.3 is 6.61 Å². The zero-order chi connectivity index (χ0) is 10.7. The number of ether oxygens (including phenoxy) is 1. The Hall–Kier alpha value is -1.23. The van der Waals surface area contributed by atoms with E-state index < -0.39 is 23.2 Å². The Balaban J connectivity index is 3.10. The van der Waals surface area contributed by atoms with Gasteiger partial charge in [0.2, 0.25) is 0 Å². The summed E-state index contributed by atoms with van der Waals surface area (Å²) in [5, 5.41) is -0.630. The lowest BCUT2D eigenvalue weighted by Crippen LogP contribution is -2.03. The summed E-state index contributed by atoms with van der Waals surface area (Å²) < 4.78 is 40.4. The molecule has 0 atom stereocenters. The maximum absolute atomic E-state index is 13.0. The largest absolute Gasteiger partial charge is 0.433 e. The van der Waals surface area contributed by atoms with Crippen LogP contribution in [0.1, 0.15) is 10.4 Å². The molecule has 0 spiro atoms. The molecule has 0 heterocycles. The van der Waals surface area contributed by atoms with Crippen molar-refractivity contribution in [1.29, 1.82) is 0 Å². The summed E-state index contributed by atoms with van der Waals surface area (Å²) in [4.78, 5) is 10.2. The minimum Gasteiger partial charge on any atom is -0.433 e. The summed E-state index contributed by atoms with van der Waals surface area (Å²) in [6.45, 7) is -3.09. The van der Waals surface area contributed by atoms with Crippen LogP contribution in [-0.4, -0.2) is 12.9 Å². The molecule has 0 unspecified atom stereocenters. The quantitative estimate of drug-likeness (QED) is 0.738. The molecule has 76 valence electrons. The molecule has 2 nitrogen and oxygen atoms in total. The number of aldehydes is 1. The Labute approximate surface area is 82.2 Å². The number of halogens is 4. The number of hydrogen-bond donors (Lipinski definition) is 0. The van der Waals surface area contributed by atoms with Crippen LogP contribution >= 0.6 is 11.6 Å². The molecule has 0 aromatic heterocycles. The van der Waals surface area contributed by atoms with Crippen molar-refractivity contribution in [3.05, 3.63) is 28.5 Å². The van der Waals surface area contributed by atoms with Crippen molar-refractivity contribution in [2.45, 2.75) is 6.61 Å². The van der Waals surface area contributed by atoms with Crippen molar-refractivity contribution >= 4 is 17.9 Å². The minimum atomic E-state index is -3.09. The average molecular weight is 225 g/mol. The maximum atomic E-state index is 13.0. The predicted molar refractivity (Wildman–Crippen MR) is 43.4 cm³/mol. The van der Waals surface area contributed by atoms with Crippen molar-refractivity contribution in [2.75, 3.05) is 0 Å². The third kappa shape index (κ3) is 2.17. The van der Waals surface area contributed by atoms with Gasteiger partial charge in [0, 0.05) is 0 Å². The Kier molecular flexibility index (Phi) is 3.35. The SMILES string of the molecule is O=Cc1ccc(OC(F)F)c(Cl)c1F. The van der Waals surface area contributed by atoms with Gasteiger partial charge in [-0.1, -0.05) is 11.6 Å². The van der Waals surface area contributed by atoms with Gasteiger partial charge in [0.1, 0.15) is 10.8 Å². The van der Waals surface area contributed by atoms with Gasteiger partial charge < -0.3 is 4.74 Å². The first-order valence-electron chi connectivity index (χ1n) is 3.44. The third-order valence-corrected chi connectivity index (χ3v) is 1.77. The molecule has 0 aliphatic carbocycles. The van der Waals surface area contributed by atoms with E-state index in [1.165, 1.54) is 0 Å². The lowest BCUT2D eigenvalue weighted by molar-refractivity contribution is -0.0499. The molecule has 0 aliphatic heterocycles. The Morgan fingerprint density at radius 2 is 2.07 bits per heavy atom. The summed E-state index contributed by atoms with van der Waals surface area (Å²) in [6.07, 6.45) is 0.230. The fraction of sp³-hybridized carbons (Fsp3) is 0.125. The first kappa shape index (κ1) is 10.8. The highest BCUT2D eigenvalue weighted by atomic mass is 35.5. The van der Waals surface area contributed by atoms with Gasteiger partial charge in [0.05, 0.1) is 5.56 Å². The van der Waals surface area contributed by atoms with Crippen LogP contribution in [0.25, 0.3) is 0 Å². The number of carbonyl (C=O) groups excluding carboxylic acids is 1. The lowest BCUT2D eigenvalue weighted by Gasteiger charge is -2.07. The monoisotopic (exact) mass is 224 g/mol. The second-order valence-corrected chi connectivity index (χ2v) is 2.66. The third-order valence-electron chi connectivity index (χ3n) is 1.42. The molecule has 1 aromatic carbocycles. The van der Waals surface area contributed by atoms with E-state index in [-0.39, 0.29) is 11.8 Å². The molecular weight excluding hydrogens is 221 g/mol. The van der Waals surface area contributed by atoms with E-state index in [0.717, 1.165) is 12.1 Å². The second-order valence-electron chi connectivity index (χ2n) is 2.28. The van der Waals surface area contributed by atoms with Gasteiger partial charge in [-0.3, -0.25) is 4.79 Å². The number of rotatable bonds is 3. The van der Waals surface area contributed by atoms with Crippen LogP contribution in [0.4, 0.5) is 13.2 Å². The Bertz CT molecular complexity index is 355. The molecule has 1 rings (SSSR count). The number of alkyl halides is 2. The highest BCUT2D eigenvalue weighted by Gasteiger charge is 2.14. The van der Waals surface area contributed by atoms with Crippen molar-refractivity contribution in [3.8, 4) is 5.75 Å². The number of hydrogen-bond acceptors (Lipinski definition) is 2. The zero-order valence-electron chi connectivity index (χ0n) is 6.64. The van der Waals surface area contributed by atoms with Gasteiger partial charge in [0.25, 0.3) is 0 Å². The molecule has 0 fully saturated rings. The van der Waals surface area contributed by atoms with E-state index in [1.54, 1.807) is 0 Å². The van der Waals surface area contributed by atoms with Crippen LogP contribution in [0.15, 0.2) is 12.1 Å². The highest BCUT2D eigenvalue weighted by molar-refractivity contribution is 6.32. The molecule has 0 N–H and O–H groups in total. The maximum Gasteiger partial charge on any atom is 0.387 e. The van der Waals surface area contributed by atoms with Crippen LogP contribution in [0.5, 0.6) is 5.75 Å². The zero-order valence-corrected chi connectivity index (χ0v) is 7.39. The fourth-order valence-electron chi connectivity index (χ4n) is 0.825. The van der Waals surface area contributed by atoms with Crippen LogP contribution < -0.4 is 4.74 Å². The van der Waals surface area contributed by atoms with E-state index in [0.29, 0.717) is 0 Å². The first-order valence-corrected chi connectivity index (χ1v) is 3.82. The van der Waals surface area contributed by atoms with E-state index in [1.807, 2.05) is 0 Å². The first-order chi connectivity index (χ1) is 6.56. The summed E-state index contributed by atoms with van der Waals surface area (Å²) in [5.41, 5.74) is -0.309. The topological polar surface area (TPSA) is 26.3 Å². The van der Waals surface area contributed by atoms with Crippen molar-refractivity contribution in [1.82, 2.24) is 0 Å². The van der Waals surface area contributed by atoms with E-state index in [4.69, 9.17) is 11.6 Å². The Morgan fingerprint density at radius 1 is 1.43 bits per heavy atom. The van der Waals surface area contributed by atoms with E-state index in [2.05, 4.69) is 4.74 Å². The van der Waals surface area contributed by atoms with Gasteiger partial charge in [-0.05, 0) is 12.1 Å². The molecule has 6 heteroatoms. The van der Waals surface area contributed by atoms with Crippen molar-refractivity contribution in [3.63, 3.8) is 0 Å². The van der Waals surface area contributed by atoms with E-state index in [9.17, 15) is 18.0 Å². The van der Waals surface area contributed by atoms with Crippen LogP contribution in [-0.2, 0) is 0 Å². The Morgan fingerprint density at radius 3 is 2.57 bits per heavy atom. The summed E-state index contributed by atoms with van der Waals surface area (Å²) in [6, 6.07) is 2.01. The molecule has 1 aromatic rings. The molecule has 0 saturated carbocycles. The fourth-order valence-corrected chi connectivity index (χ4v) is 1.04. The van der Waals surface area contributed by atoms with Crippen molar-refractivity contribution in [2.24, 2.45) is 0 Å². The average Bonchev–Trinajstić information content (AvgIpc) is 2.13. The van der Waals surface area contributed by atoms with Crippen LogP contribution in [0.2, 0.25) is 5.02 Å². The number of carbonyl (C=O) groups is 1. The highest BCUT2D eigenvalue weighted by Crippen LogP contribution is 2.29. The lowest BCUT2D eigenvalue weighted by atomic mass is 10.2. The smallest absolute Gasteiger partial charge is 0.387 e. The molecule has 14 heavy (non-hydrogen) atoms. The standard InChI is InChI=1S/C8H4ClF3O2/c9-6-5(14-8(11)12)2-1-4(3-13)7(6)10/h1-3,8H. The summed E-state index contributed by atoms with van der Waals surface area (Å²) in [5.74, 6) is -1.57. The number of benzene rings is 1. The minimum absolute atomic E-state index is 0.230. The second kappa shape index (κ2) is 4.32. The van der Waals surface area contributed by atoms with Gasteiger partial charge in [-0.2, -0.15) is 8.78 Å². The molecule has 0 amide bonds. The molecule has 0 aliphatic rings. The van der Waals surface area contributed by atoms with E-state index >= 15 is 0 Å². The van der Waals surface area contributed by atoms with Gasteiger partial charge in [0.15, 0.2) is 12.1 Å². The van der Waals surface area contributed by atoms with Gasteiger partial charge in [-0.25, -0.2) is 4.39 Å². The van der Waals surface area contributed by atoms with Crippen LogP contribution in [0.3, 0.4) is 0 Å². The molecule has 0 saturated heterocycles. The predicted octanol–water partition coefficient (Wildman–Crippen LogP) is 2.89. The van der Waals surface area contributed by atoms with Crippen molar-refractivity contribution < 1.29 is 22.7 Å². The van der Waals surface area contributed by atoms with Crippen LogP contribution in [0, 0.1) is 5.82 Å². The summed E-state index contributed by atoms with van der Waals surface area (Å²) >= 11 is 5.33.